The first kappa shape index (κ1) is 12.7. The number of pyridine rings is 1. The Kier molecular flexibility index (Phi) is 3.72. The minimum atomic E-state index is 0.616. The molecule has 1 heterocycles. The Balaban J connectivity index is 2.54. The molecule has 2 aromatic rings. The molecule has 0 saturated carbocycles. The lowest BCUT2D eigenvalue weighted by Crippen LogP contribution is -1.94. The highest BCUT2D eigenvalue weighted by Gasteiger charge is 2.10. The zero-order valence-corrected chi connectivity index (χ0v) is 11.3. The van der Waals surface area contributed by atoms with Gasteiger partial charge in [-0.05, 0) is 31.2 Å². The monoisotopic (exact) mass is 263 g/mol. The summed E-state index contributed by atoms with van der Waals surface area (Å²) in [5.41, 5.74) is 2.74. The van der Waals surface area contributed by atoms with Crippen LogP contribution in [0.2, 0.25) is 5.02 Å². The van der Waals surface area contributed by atoms with Crippen molar-refractivity contribution < 1.29 is 9.47 Å². The number of aromatic nitrogens is 1. The van der Waals surface area contributed by atoms with Crippen LogP contribution < -0.4 is 9.47 Å². The van der Waals surface area contributed by atoms with Crippen molar-refractivity contribution in [3.63, 3.8) is 0 Å². The van der Waals surface area contributed by atoms with E-state index < -0.39 is 0 Å². The molecule has 0 aliphatic rings. The summed E-state index contributed by atoms with van der Waals surface area (Å²) in [4.78, 5) is 4.29. The van der Waals surface area contributed by atoms with E-state index in [0.717, 1.165) is 28.3 Å². The predicted molar refractivity (Wildman–Crippen MR) is 72.5 cm³/mol. The molecule has 0 saturated heterocycles. The molecule has 0 unspecified atom stereocenters. The Bertz CT molecular complexity index is 527. The van der Waals surface area contributed by atoms with Crippen molar-refractivity contribution >= 4 is 11.6 Å². The normalized spacial score (nSPS) is 10.2. The van der Waals surface area contributed by atoms with Gasteiger partial charge >= 0.3 is 0 Å². The summed E-state index contributed by atoms with van der Waals surface area (Å²) in [6.07, 6.45) is 1.62. The van der Waals surface area contributed by atoms with Crippen LogP contribution in [0, 0.1) is 6.92 Å². The number of benzene rings is 1. The molecule has 0 radical (unpaired) electrons. The van der Waals surface area contributed by atoms with Gasteiger partial charge in [0.15, 0.2) is 0 Å². The summed E-state index contributed by atoms with van der Waals surface area (Å²) in [5, 5.41) is 0.616. The highest BCUT2D eigenvalue weighted by Crippen LogP contribution is 2.33. The van der Waals surface area contributed by atoms with Crippen molar-refractivity contribution in [2.75, 3.05) is 14.2 Å². The van der Waals surface area contributed by atoms with E-state index in [0.29, 0.717) is 5.02 Å². The van der Waals surface area contributed by atoms with Crippen molar-refractivity contribution in [1.29, 1.82) is 0 Å². The van der Waals surface area contributed by atoms with Crippen LogP contribution >= 0.6 is 11.6 Å². The molecule has 2 rings (SSSR count). The maximum Gasteiger partial charge on any atom is 0.126 e. The fraction of sp³-hybridized carbons (Fsp3) is 0.214. The lowest BCUT2D eigenvalue weighted by atomic mass is 10.1. The first-order chi connectivity index (χ1) is 8.65. The van der Waals surface area contributed by atoms with Crippen molar-refractivity contribution in [1.82, 2.24) is 4.98 Å². The molecular formula is C14H14ClNO2. The number of hydrogen-bond donors (Lipinski definition) is 0. The molecule has 0 aliphatic heterocycles. The van der Waals surface area contributed by atoms with E-state index >= 15 is 0 Å². The van der Waals surface area contributed by atoms with E-state index in [1.807, 2.05) is 31.2 Å². The van der Waals surface area contributed by atoms with Crippen molar-refractivity contribution in [3.05, 3.63) is 41.0 Å². The average Bonchev–Trinajstić information content (AvgIpc) is 2.40. The molecule has 94 valence electrons. The summed E-state index contributed by atoms with van der Waals surface area (Å²) in [6.45, 7) is 1.96. The van der Waals surface area contributed by atoms with E-state index in [4.69, 9.17) is 21.1 Å². The lowest BCUT2D eigenvalue weighted by molar-refractivity contribution is 0.389. The second-order valence-corrected chi connectivity index (χ2v) is 4.30. The number of hydrogen-bond acceptors (Lipinski definition) is 3. The Morgan fingerprint density at radius 3 is 2.11 bits per heavy atom. The van der Waals surface area contributed by atoms with E-state index in [2.05, 4.69) is 4.98 Å². The number of methoxy groups -OCH3 is 2. The zero-order chi connectivity index (χ0) is 13.1. The van der Waals surface area contributed by atoms with Gasteiger partial charge in [0, 0.05) is 17.3 Å². The van der Waals surface area contributed by atoms with Crippen LogP contribution in [0.1, 0.15) is 5.56 Å². The molecule has 0 fully saturated rings. The van der Waals surface area contributed by atoms with Crippen molar-refractivity contribution in [2.24, 2.45) is 0 Å². The Morgan fingerprint density at radius 2 is 1.67 bits per heavy atom. The SMILES string of the molecule is COc1cc(-c2ccc(Cl)cn2)cc(OC)c1C. The molecule has 0 N–H and O–H groups in total. The summed E-state index contributed by atoms with van der Waals surface area (Å²) < 4.78 is 10.7. The number of rotatable bonds is 3. The molecule has 1 aromatic carbocycles. The first-order valence-corrected chi connectivity index (χ1v) is 5.88. The van der Waals surface area contributed by atoms with Gasteiger partial charge in [0.1, 0.15) is 11.5 Å². The van der Waals surface area contributed by atoms with Crippen LogP contribution in [0.4, 0.5) is 0 Å². The third-order valence-electron chi connectivity index (χ3n) is 2.78. The van der Waals surface area contributed by atoms with Gasteiger partial charge in [-0.25, -0.2) is 0 Å². The number of nitrogens with zero attached hydrogens (tertiary/aromatic N) is 1. The van der Waals surface area contributed by atoms with Crippen LogP contribution in [0.25, 0.3) is 11.3 Å². The highest BCUT2D eigenvalue weighted by molar-refractivity contribution is 6.30. The van der Waals surface area contributed by atoms with Crippen LogP contribution in [-0.4, -0.2) is 19.2 Å². The summed E-state index contributed by atoms with van der Waals surface area (Å²) >= 11 is 5.83. The molecule has 3 nitrogen and oxygen atoms in total. The van der Waals surface area contributed by atoms with Crippen LogP contribution in [-0.2, 0) is 0 Å². The Labute approximate surface area is 111 Å². The quantitative estimate of drug-likeness (QED) is 0.846. The third-order valence-corrected chi connectivity index (χ3v) is 3.00. The van der Waals surface area contributed by atoms with E-state index in [9.17, 15) is 0 Å². The maximum absolute atomic E-state index is 5.83. The molecule has 0 atom stereocenters. The molecule has 0 spiro atoms. The van der Waals surface area contributed by atoms with E-state index in [1.54, 1.807) is 20.4 Å². The Morgan fingerprint density at radius 1 is 1.06 bits per heavy atom. The van der Waals surface area contributed by atoms with Gasteiger partial charge in [0.05, 0.1) is 24.9 Å². The Hall–Kier alpha value is -1.74. The van der Waals surface area contributed by atoms with Crippen molar-refractivity contribution in [3.8, 4) is 22.8 Å². The molecule has 0 amide bonds. The topological polar surface area (TPSA) is 31.4 Å². The van der Waals surface area contributed by atoms with Gasteiger partial charge in [0.25, 0.3) is 0 Å². The van der Waals surface area contributed by atoms with Gasteiger partial charge in [-0.2, -0.15) is 0 Å². The second-order valence-electron chi connectivity index (χ2n) is 3.87. The van der Waals surface area contributed by atoms with E-state index in [-0.39, 0.29) is 0 Å². The van der Waals surface area contributed by atoms with Gasteiger partial charge in [-0.3, -0.25) is 4.98 Å². The standard InChI is InChI=1S/C14H14ClNO2/c1-9-13(17-2)6-10(7-14(9)18-3)12-5-4-11(15)8-16-12/h4-8H,1-3H3. The molecule has 0 aliphatic carbocycles. The number of halogens is 1. The highest BCUT2D eigenvalue weighted by atomic mass is 35.5. The van der Waals surface area contributed by atoms with Crippen molar-refractivity contribution in [2.45, 2.75) is 6.92 Å². The lowest BCUT2D eigenvalue weighted by Gasteiger charge is -2.12. The fourth-order valence-corrected chi connectivity index (χ4v) is 1.89. The first-order valence-electron chi connectivity index (χ1n) is 5.50. The van der Waals surface area contributed by atoms with Crippen LogP contribution in [0.15, 0.2) is 30.5 Å². The molecule has 4 heteroatoms. The van der Waals surface area contributed by atoms with Crippen LogP contribution in [0.3, 0.4) is 0 Å². The van der Waals surface area contributed by atoms with Gasteiger partial charge in [0.2, 0.25) is 0 Å². The van der Waals surface area contributed by atoms with E-state index in [1.165, 1.54) is 0 Å². The minimum Gasteiger partial charge on any atom is -0.496 e. The molecule has 18 heavy (non-hydrogen) atoms. The zero-order valence-electron chi connectivity index (χ0n) is 10.5. The minimum absolute atomic E-state index is 0.616. The molecule has 0 bridgehead atoms. The predicted octanol–water partition coefficient (Wildman–Crippen LogP) is 3.73. The van der Waals surface area contributed by atoms with Crippen LogP contribution in [0.5, 0.6) is 11.5 Å². The maximum atomic E-state index is 5.83. The molecular weight excluding hydrogens is 250 g/mol. The van der Waals surface area contributed by atoms with Gasteiger partial charge in [-0.1, -0.05) is 11.6 Å². The van der Waals surface area contributed by atoms with Gasteiger partial charge in [-0.15, -0.1) is 0 Å². The summed E-state index contributed by atoms with van der Waals surface area (Å²) in [5.74, 6) is 1.56. The number of ether oxygens (including phenoxy) is 2. The average molecular weight is 264 g/mol. The summed E-state index contributed by atoms with van der Waals surface area (Å²) in [7, 11) is 3.28. The van der Waals surface area contributed by atoms with Gasteiger partial charge < -0.3 is 9.47 Å². The second kappa shape index (κ2) is 5.27. The largest absolute Gasteiger partial charge is 0.496 e. The fourth-order valence-electron chi connectivity index (χ4n) is 1.78. The summed E-state index contributed by atoms with van der Waals surface area (Å²) in [6, 6.07) is 7.55. The third kappa shape index (κ3) is 2.41. The molecule has 1 aromatic heterocycles. The smallest absolute Gasteiger partial charge is 0.126 e.